The first-order valence-electron chi connectivity index (χ1n) is 9.59. The molecule has 2 rings (SSSR count). The highest BCUT2D eigenvalue weighted by Gasteiger charge is 2.29. The van der Waals surface area contributed by atoms with Crippen LogP contribution in [0.15, 0.2) is 0 Å². The summed E-state index contributed by atoms with van der Waals surface area (Å²) in [4.78, 5) is 39.4. The summed E-state index contributed by atoms with van der Waals surface area (Å²) in [6, 6.07) is 0.116. The summed E-state index contributed by atoms with van der Waals surface area (Å²) in [5, 5.41) is 2.97. The zero-order chi connectivity index (χ0) is 20.1. The van der Waals surface area contributed by atoms with Crippen LogP contribution in [0.4, 0.5) is 0 Å². The van der Waals surface area contributed by atoms with Gasteiger partial charge >= 0.3 is 11.9 Å². The summed E-state index contributed by atoms with van der Waals surface area (Å²) in [5.41, 5.74) is 1.50. The molecule has 7 nitrogen and oxygen atoms in total. The van der Waals surface area contributed by atoms with Crippen LogP contribution in [0.5, 0.6) is 0 Å². The lowest BCUT2D eigenvalue weighted by Crippen LogP contribution is -2.45. The van der Waals surface area contributed by atoms with E-state index in [4.69, 9.17) is 9.47 Å². The van der Waals surface area contributed by atoms with Crippen LogP contribution in [0.3, 0.4) is 0 Å². The Morgan fingerprint density at radius 2 is 1.81 bits per heavy atom. The van der Waals surface area contributed by atoms with Gasteiger partial charge in [-0.3, -0.25) is 4.79 Å². The minimum atomic E-state index is -0.661. The molecule has 3 atom stereocenters. The van der Waals surface area contributed by atoms with E-state index in [1.807, 2.05) is 0 Å². The van der Waals surface area contributed by atoms with E-state index in [9.17, 15) is 14.4 Å². The Morgan fingerprint density at radius 3 is 2.48 bits per heavy atom. The number of aromatic amines is 1. The zero-order valence-electron chi connectivity index (χ0n) is 16.8. The lowest BCUT2D eigenvalue weighted by molar-refractivity contribution is -0.125. The smallest absolute Gasteiger partial charge is 0.355 e. The first kappa shape index (κ1) is 21.0. The number of esters is 2. The van der Waals surface area contributed by atoms with Crippen LogP contribution in [-0.4, -0.2) is 42.1 Å². The van der Waals surface area contributed by atoms with Crippen molar-refractivity contribution in [2.45, 2.75) is 59.9 Å². The van der Waals surface area contributed by atoms with Crippen molar-refractivity contribution >= 4 is 17.8 Å². The molecule has 7 heteroatoms. The third-order valence-corrected chi connectivity index (χ3v) is 5.51. The van der Waals surface area contributed by atoms with Crippen LogP contribution in [0, 0.1) is 25.7 Å². The Hall–Kier alpha value is -2.31. The van der Waals surface area contributed by atoms with Gasteiger partial charge in [0.2, 0.25) is 0 Å². The maximum Gasteiger partial charge on any atom is 0.355 e. The molecule has 0 spiro atoms. The van der Waals surface area contributed by atoms with Crippen LogP contribution in [-0.2, 0) is 14.3 Å². The van der Waals surface area contributed by atoms with Crippen LogP contribution in [0.25, 0.3) is 0 Å². The molecular weight excluding hydrogens is 348 g/mol. The number of ether oxygens (including phenoxy) is 2. The molecule has 0 saturated heterocycles. The monoisotopic (exact) mass is 378 g/mol. The summed E-state index contributed by atoms with van der Waals surface area (Å²) in [6.45, 7) is 9.30. The number of aryl methyl sites for hydroxylation is 1. The fourth-order valence-electron chi connectivity index (χ4n) is 3.70. The van der Waals surface area contributed by atoms with Gasteiger partial charge in [0.15, 0.2) is 6.61 Å². The van der Waals surface area contributed by atoms with Crippen molar-refractivity contribution in [2.24, 2.45) is 11.8 Å². The fraction of sp³-hybridized carbons (Fsp3) is 0.650. The maximum absolute atomic E-state index is 12.3. The number of carbonyl (C=O) groups excluding carboxylic acids is 3. The number of hydrogen-bond acceptors (Lipinski definition) is 5. The van der Waals surface area contributed by atoms with Crippen LogP contribution in [0.1, 0.15) is 72.1 Å². The fourth-order valence-corrected chi connectivity index (χ4v) is 3.70. The second-order valence-corrected chi connectivity index (χ2v) is 7.36. The highest BCUT2D eigenvalue weighted by Crippen LogP contribution is 2.29. The SMILES string of the molecule is CCOC(=O)c1c(C)[nH]c(C(=O)OCC(=O)N[C@@H]2CCC[C@H](C)[C@H]2C)c1C. The van der Waals surface area contributed by atoms with E-state index in [0.29, 0.717) is 28.7 Å². The quantitative estimate of drug-likeness (QED) is 0.742. The third kappa shape index (κ3) is 4.90. The summed E-state index contributed by atoms with van der Waals surface area (Å²) >= 11 is 0. The highest BCUT2D eigenvalue weighted by molar-refractivity contribution is 5.99. The van der Waals surface area contributed by atoms with Crippen molar-refractivity contribution in [3.05, 3.63) is 22.5 Å². The average molecular weight is 378 g/mol. The van der Waals surface area contributed by atoms with Crippen LogP contribution in [0.2, 0.25) is 0 Å². The molecule has 2 N–H and O–H groups in total. The summed E-state index contributed by atoms with van der Waals surface area (Å²) < 4.78 is 10.2. The van der Waals surface area contributed by atoms with Gasteiger partial charge in [-0.2, -0.15) is 0 Å². The second kappa shape index (κ2) is 9.06. The van der Waals surface area contributed by atoms with Gasteiger partial charge in [-0.05, 0) is 44.6 Å². The van der Waals surface area contributed by atoms with Crippen molar-refractivity contribution in [1.82, 2.24) is 10.3 Å². The maximum atomic E-state index is 12.3. The predicted octanol–water partition coefficient (Wildman–Crippen LogP) is 2.91. The standard InChI is InChI=1S/C20H30N2O5/c1-6-26-19(24)17-13(4)18(21-14(17)5)20(25)27-10-16(23)22-15-9-7-8-11(2)12(15)3/h11-12,15,21H,6-10H2,1-5H3,(H,22,23)/t11-,12+,15+/m0/s1. The van der Waals surface area contributed by atoms with Crippen molar-refractivity contribution < 1.29 is 23.9 Å². The summed E-state index contributed by atoms with van der Waals surface area (Å²) in [6.07, 6.45) is 3.22. The molecule has 1 amide bonds. The molecule has 0 bridgehead atoms. The van der Waals surface area contributed by atoms with E-state index in [2.05, 4.69) is 24.1 Å². The molecular formula is C20H30N2O5. The van der Waals surface area contributed by atoms with Gasteiger partial charge in [0.05, 0.1) is 12.2 Å². The number of hydrogen-bond donors (Lipinski definition) is 2. The van der Waals surface area contributed by atoms with Crippen LogP contribution >= 0.6 is 0 Å². The van der Waals surface area contributed by atoms with E-state index >= 15 is 0 Å². The van der Waals surface area contributed by atoms with E-state index in [0.717, 1.165) is 12.8 Å². The summed E-state index contributed by atoms with van der Waals surface area (Å²) in [5.74, 6) is -0.482. The van der Waals surface area contributed by atoms with E-state index in [1.165, 1.54) is 6.42 Å². The molecule has 0 aromatic carbocycles. The number of amides is 1. The average Bonchev–Trinajstić information content (AvgIpc) is 2.91. The van der Waals surface area contributed by atoms with Crippen molar-refractivity contribution in [1.29, 1.82) is 0 Å². The van der Waals surface area contributed by atoms with Gasteiger partial charge in [0.1, 0.15) is 5.69 Å². The number of carbonyl (C=O) groups is 3. The highest BCUT2D eigenvalue weighted by atomic mass is 16.5. The lowest BCUT2D eigenvalue weighted by Gasteiger charge is -2.34. The van der Waals surface area contributed by atoms with Crippen molar-refractivity contribution in [2.75, 3.05) is 13.2 Å². The largest absolute Gasteiger partial charge is 0.462 e. The van der Waals surface area contributed by atoms with Gasteiger partial charge in [-0.15, -0.1) is 0 Å². The summed E-state index contributed by atoms with van der Waals surface area (Å²) in [7, 11) is 0. The number of H-pyrrole nitrogens is 1. The molecule has 1 aromatic heterocycles. The Balaban J connectivity index is 1.95. The van der Waals surface area contributed by atoms with E-state index in [1.54, 1.807) is 20.8 Å². The third-order valence-electron chi connectivity index (χ3n) is 5.51. The van der Waals surface area contributed by atoms with E-state index < -0.39 is 11.9 Å². The van der Waals surface area contributed by atoms with Gasteiger partial charge in [-0.25, -0.2) is 9.59 Å². The second-order valence-electron chi connectivity index (χ2n) is 7.36. The Bertz CT molecular complexity index is 709. The number of nitrogens with one attached hydrogen (secondary N) is 2. The zero-order valence-corrected chi connectivity index (χ0v) is 16.8. The van der Waals surface area contributed by atoms with E-state index in [-0.39, 0.29) is 30.9 Å². The molecule has 0 radical (unpaired) electrons. The molecule has 150 valence electrons. The Morgan fingerprint density at radius 1 is 1.11 bits per heavy atom. The minimum absolute atomic E-state index is 0.116. The van der Waals surface area contributed by atoms with Gasteiger partial charge in [-0.1, -0.05) is 26.7 Å². The van der Waals surface area contributed by atoms with Gasteiger partial charge in [0.25, 0.3) is 5.91 Å². The predicted molar refractivity (Wildman–Crippen MR) is 101 cm³/mol. The molecule has 0 unspecified atom stereocenters. The molecule has 1 aliphatic carbocycles. The topological polar surface area (TPSA) is 97.5 Å². The molecule has 0 aliphatic heterocycles. The van der Waals surface area contributed by atoms with Crippen LogP contribution < -0.4 is 5.32 Å². The first-order valence-corrected chi connectivity index (χ1v) is 9.59. The van der Waals surface area contributed by atoms with Crippen molar-refractivity contribution in [3.63, 3.8) is 0 Å². The normalized spacial score (nSPS) is 22.2. The molecule has 1 heterocycles. The molecule has 1 fully saturated rings. The lowest BCUT2D eigenvalue weighted by atomic mass is 9.78. The molecule has 1 aliphatic rings. The molecule has 1 aromatic rings. The number of aromatic nitrogens is 1. The molecule has 1 saturated carbocycles. The number of rotatable bonds is 6. The first-order chi connectivity index (χ1) is 12.8. The molecule has 27 heavy (non-hydrogen) atoms. The van der Waals surface area contributed by atoms with Gasteiger partial charge in [0, 0.05) is 11.7 Å². The Labute approximate surface area is 160 Å². The Kier molecular flexibility index (Phi) is 7.05. The minimum Gasteiger partial charge on any atom is -0.462 e. The van der Waals surface area contributed by atoms with Crippen molar-refractivity contribution in [3.8, 4) is 0 Å². The van der Waals surface area contributed by atoms with Gasteiger partial charge < -0.3 is 19.8 Å².